The lowest BCUT2D eigenvalue weighted by Gasteiger charge is -2.27. The smallest absolute Gasteiger partial charge is 0.250 e. The van der Waals surface area contributed by atoms with Gasteiger partial charge in [-0.05, 0) is 50.3 Å². The van der Waals surface area contributed by atoms with Crippen molar-refractivity contribution < 1.29 is 9.90 Å². The molecule has 0 spiro atoms. The van der Waals surface area contributed by atoms with E-state index in [1.165, 1.54) is 0 Å². The fourth-order valence-electron chi connectivity index (χ4n) is 2.43. The van der Waals surface area contributed by atoms with Crippen molar-refractivity contribution in [2.75, 3.05) is 5.32 Å². The largest absolute Gasteiger partial charge is 0.393 e. The monoisotopic (exact) mass is 248 g/mol. The number of carbonyl (C=O) groups is 1. The summed E-state index contributed by atoms with van der Waals surface area (Å²) in [6.07, 6.45) is 3.31. The van der Waals surface area contributed by atoms with Crippen LogP contribution in [-0.2, 0) is 0 Å². The van der Waals surface area contributed by atoms with Crippen LogP contribution < -0.4 is 11.1 Å². The van der Waals surface area contributed by atoms with E-state index < -0.39 is 5.91 Å². The van der Waals surface area contributed by atoms with Crippen molar-refractivity contribution in [1.29, 1.82) is 0 Å². The van der Waals surface area contributed by atoms with Crippen molar-refractivity contribution >= 4 is 11.6 Å². The Kier molecular flexibility index (Phi) is 3.87. The zero-order chi connectivity index (χ0) is 13.1. The van der Waals surface area contributed by atoms with E-state index in [1.54, 1.807) is 6.07 Å². The van der Waals surface area contributed by atoms with E-state index >= 15 is 0 Å². The van der Waals surface area contributed by atoms with E-state index in [0.29, 0.717) is 11.6 Å². The van der Waals surface area contributed by atoms with Crippen LogP contribution in [0.15, 0.2) is 18.2 Å². The second-order valence-corrected chi connectivity index (χ2v) is 5.06. The molecule has 4 heteroatoms. The lowest BCUT2D eigenvalue weighted by Crippen LogP contribution is -2.29. The maximum Gasteiger partial charge on any atom is 0.250 e. The number of rotatable bonds is 3. The Labute approximate surface area is 107 Å². The maximum atomic E-state index is 11.4. The Bertz CT molecular complexity index is 437. The number of hydrogen-bond acceptors (Lipinski definition) is 3. The fourth-order valence-corrected chi connectivity index (χ4v) is 2.43. The van der Waals surface area contributed by atoms with Crippen LogP contribution in [0.4, 0.5) is 5.69 Å². The summed E-state index contributed by atoms with van der Waals surface area (Å²) in [5.41, 5.74) is 7.81. The van der Waals surface area contributed by atoms with E-state index in [4.69, 9.17) is 5.73 Å². The van der Waals surface area contributed by atoms with Gasteiger partial charge < -0.3 is 16.2 Å². The Balaban J connectivity index is 2.12. The molecule has 0 bridgehead atoms. The van der Waals surface area contributed by atoms with Gasteiger partial charge in [0.2, 0.25) is 0 Å². The minimum atomic E-state index is -0.409. The highest BCUT2D eigenvalue weighted by Crippen LogP contribution is 2.24. The zero-order valence-electron chi connectivity index (χ0n) is 10.6. The van der Waals surface area contributed by atoms with E-state index in [9.17, 15) is 9.90 Å². The SMILES string of the molecule is Cc1ccc(C(N)=O)c(NC2CCC(O)CC2)c1. The van der Waals surface area contributed by atoms with Gasteiger partial charge in [0.05, 0.1) is 11.7 Å². The number of amides is 1. The first kappa shape index (κ1) is 12.9. The summed E-state index contributed by atoms with van der Waals surface area (Å²) >= 11 is 0. The Morgan fingerprint density at radius 2 is 2.00 bits per heavy atom. The maximum absolute atomic E-state index is 11.4. The Morgan fingerprint density at radius 3 is 2.61 bits per heavy atom. The minimum Gasteiger partial charge on any atom is -0.393 e. The van der Waals surface area contributed by atoms with Gasteiger partial charge in [-0.25, -0.2) is 0 Å². The minimum absolute atomic E-state index is 0.170. The Morgan fingerprint density at radius 1 is 1.33 bits per heavy atom. The molecule has 1 aliphatic rings. The molecule has 1 saturated carbocycles. The highest BCUT2D eigenvalue weighted by atomic mass is 16.3. The first-order valence-electron chi connectivity index (χ1n) is 6.41. The van der Waals surface area contributed by atoms with Crippen LogP contribution >= 0.6 is 0 Å². The molecule has 0 unspecified atom stereocenters. The molecule has 0 aromatic heterocycles. The fraction of sp³-hybridized carbons (Fsp3) is 0.500. The third kappa shape index (κ3) is 3.01. The third-order valence-corrected chi connectivity index (χ3v) is 3.50. The summed E-state index contributed by atoms with van der Waals surface area (Å²) in [6.45, 7) is 1.99. The van der Waals surface area contributed by atoms with Gasteiger partial charge in [0.15, 0.2) is 0 Å². The van der Waals surface area contributed by atoms with Gasteiger partial charge in [-0.1, -0.05) is 6.07 Å². The lowest BCUT2D eigenvalue weighted by molar-refractivity contribution is 0.100. The van der Waals surface area contributed by atoms with E-state index in [1.807, 2.05) is 19.1 Å². The van der Waals surface area contributed by atoms with E-state index in [2.05, 4.69) is 5.32 Å². The molecule has 1 aromatic carbocycles. The number of primary amides is 1. The molecule has 1 aliphatic carbocycles. The number of aliphatic hydroxyl groups is 1. The normalized spacial score (nSPS) is 23.7. The molecule has 0 heterocycles. The molecule has 1 fully saturated rings. The van der Waals surface area contributed by atoms with Crippen LogP contribution in [0.5, 0.6) is 0 Å². The molecule has 0 saturated heterocycles. The number of benzene rings is 1. The average Bonchev–Trinajstić information content (AvgIpc) is 2.32. The molecule has 2 rings (SSSR count). The molecule has 0 aliphatic heterocycles. The van der Waals surface area contributed by atoms with Crippen molar-refractivity contribution in [3.63, 3.8) is 0 Å². The quantitative estimate of drug-likeness (QED) is 0.763. The van der Waals surface area contributed by atoms with Gasteiger partial charge in [-0.15, -0.1) is 0 Å². The number of hydrogen-bond donors (Lipinski definition) is 3. The van der Waals surface area contributed by atoms with Gasteiger partial charge in [0.25, 0.3) is 5.91 Å². The molecular formula is C14H20N2O2. The highest BCUT2D eigenvalue weighted by Gasteiger charge is 2.20. The molecule has 0 atom stereocenters. The van der Waals surface area contributed by atoms with Crippen LogP contribution in [-0.4, -0.2) is 23.2 Å². The van der Waals surface area contributed by atoms with Crippen molar-refractivity contribution in [3.05, 3.63) is 29.3 Å². The summed E-state index contributed by atoms with van der Waals surface area (Å²) < 4.78 is 0. The van der Waals surface area contributed by atoms with Crippen molar-refractivity contribution in [1.82, 2.24) is 0 Å². The molecule has 4 nitrogen and oxygen atoms in total. The summed E-state index contributed by atoms with van der Waals surface area (Å²) in [7, 11) is 0. The molecule has 1 aromatic rings. The number of aryl methyl sites for hydroxylation is 1. The van der Waals surface area contributed by atoms with Gasteiger partial charge in [0, 0.05) is 11.7 Å². The van der Waals surface area contributed by atoms with Gasteiger partial charge in [0.1, 0.15) is 0 Å². The number of nitrogens with two attached hydrogens (primary N) is 1. The van der Waals surface area contributed by atoms with Crippen LogP contribution in [0.1, 0.15) is 41.6 Å². The van der Waals surface area contributed by atoms with E-state index in [-0.39, 0.29) is 6.10 Å². The second kappa shape index (κ2) is 5.40. The molecule has 1 amide bonds. The predicted octanol–water partition coefficient (Wildman–Crippen LogP) is 1.81. The van der Waals surface area contributed by atoms with Crippen molar-refractivity contribution in [3.8, 4) is 0 Å². The number of aliphatic hydroxyl groups excluding tert-OH is 1. The van der Waals surface area contributed by atoms with Crippen molar-refractivity contribution in [2.45, 2.75) is 44.8 Å². The second-order valence-electron chi connectivity index (χ2n) is 5.06. The predicted molar refractivity (Wildman–Crippen MR) is 71.6 cm³/mol. The summed E-state index contributed by atoms with van der Waals surface area (Å²) in [5, 5.41) is 12.9. The van der Waals surface area contributed by atoms with Gasteiger partial charge in [-0.2, -0.15) is 0 Å². The van der Waals surface area contributed by atoms with Crippen LogP contribution in [0, 0.1) is 6.92 Å². The first-order valence-corrected chi connectivity index (χ1v) is 6.41. The summed E-state index contributed by atoms with van der Waals surface area (Å²) in [4.78, 5) is 11.4. The average molecular weight is 248 g/mol. The Hall–Kier alpha value is -1.55. The number of carbonyl (C=O) groups excluding carboxylic acids is 1. The highest BCUT2D eigenvalue weighted by molar-refractivity contribution is 5.98. The topological polar surface area (TPSA) is 75.4 Å². The first-order chi connectivity index (χ1) is 8.56. The molecule has 0 radical (unpaired) electrons. The van der Waals surface area contributed by atoms with Crippen LogP contribution in [0.2, 0.25) is 0 Å². The summed E-state index contributed by atoms with van der Waals surface area (Å²) in [5.74, 6) is -0.409. The van der Waals surface area contributed by atoms with Gasteiger partial charge >= 0.3 is 0 Å². The molecule has 98 valence electrons. The van der Waals surface area contributed by atoms with Gasteiger partial charge in [-0.3, -0.25) is 4.79 Å². The summed E-state index contributed by atoms with van der Waals surface area (Å²) in [6, 6.07) is 5.91. The number of anilines is 1. The standard InChI is InChI=1S/C14H20N2O2/c1-9-2-7-12(14(15)18)13(8-9)16-10-3-5-11(17)6-4-10/h2,7-8,10-11,16-17H,3-6H2,1H3,(H2,15,18). The molecule has 4 N–H and O–H groups in total. The van der Waals surface area contributed by atoms with E-state index in [0.717, 1.165) is 36.9 Å². The lowest BCUT2D eigenvalue weighted by atomic mass is 9.92. The molecular weight excluding hydrogens is 228 g/mol. The number of nitrogens with one attached hydrogen (secondary N) is 1. The third-order valence-electron chi connectivity index (χ3n) is 3.50. The molecule has 18 heavy (non-hydrogen) atoms. The zero-order valence-corrected chi connectivity index (χ0v) is 10.6. The van der Waals surface area contributed by atoms with Crippen molar-refractivity contribution in [2.24, 2.45) is 5.73 Å². The van der Waals surface area contributed by atoms with Crippen LogP contribution in [0.3, 0.4) is 0 Å². The van der Waals surface area contributed by atoms with Crippen LogP contribution in [0.25, 0.3) is 0 Å².